The van der Waals surface area contributed by atoms with Gasteiger partial charge in [-0.25, -0.2) is 4.68 Å². The minimum Gasteiger partial charge on any atom is -0.384 e. The molecule has 2 rings (SSSR count). The summed E-state index contributed by atoms with van der Waals surface area (Å²) in [5, 5.41) is 4.80. The van der Waals surface area contributed by atoms with Crippen molar-refractivity contribution in [1.29, 1.82) is 0 Å². The molecule has 3 nitrogen and oxygen atoms in total. The van der Waals surface area contributed by atoms with E-state index >= 15 is 0 Å². The standard InChI is InChI=1S/C22H35N3/c1-9-18(21(3,4)5)12-15(2)16-10-11-17(13-16)19-14-20(23)25(24-19)22(6,7)8/h9,12,14,16-17H,1-2,10-11,13,23H2,3-8H3/b18-12+. The molecule has 138 valence electrons. The van der Waals surface area contributed by atoms with Gasteiger partial charge < -0.3 is 5.73 Å². The van der Waals surface area contributed by atoms with Gasteiger partial charge in [-0.15, -0.1) is 0 Å². The molecule has 2 N–H and O–H groups in total. The van der Waals surface area contributed by atoms with Crippen molar-refractivity contribution in [2.45, 2.75) is 72.3 Å². The lowest BCUT2D eigenvalue weighted by Crippen LogP contribution is -2.24. The molecule has 1 aromatic rings. The fraction of sp³-hybridized carbons (Fsp3) is 0.591. The highest BCUT2D eigenvalue weighted by atomic mass is 15.3. The Labute approximate surface area is 153 Å². The van der Waals surface area contributed by atoms with Crippen LogP contribution >= 0.6 is 0 Å². The van der Waals surface area contributed by atoms with Crippen LogP contribution in [0, 0.1) is 11.3 Å². The van der Waals surface area contributed by atoms with Crippen LogP contribution in [0.25, 0.3) is 0 Å². The van der Waals surface area contributed by atoms with Crippen molar-refractivity contribution in [3.63, 3.8) is 0 Å². The lowest BCUT2D eigenvalue weighted by molar-refractivity contribution is 0.357. The van der Waals surface area contributed by atoms with Crippen LogP contribution in [0.4, 0.5) is 5.82 Å². The smallest absolute Gasteiger partial charge is 0.122 e. The van der Waals surface area contributed by atoms with E-state index < -0.39 is 0 Å². The van der Waals surface area contributed by atoms with E-state index in [0.717, 1.165) is 30.8 Å². The number of hydrogen-bond donors (Lipinski definition) is 1. The number of nitrogen functional groups attached to an aromatic ring is 1. The van der Waals surface area contributed by atoms with Crippen LogP contribution in [-0.4, -0.2) is 9.78 Å². The van der Waals surface area contributed by atoms with Gasteiger partial charge in [0.25, 0.3) is 0 Å². The third kappa shape index (κ3) is 4.45. The zero-order valence-electron chi connectivity index (χ0n) is 16.9. The Morgan fingerprint density at radius 3 is 2.36 bits per heavy atom. The molecule has 3 heteroatoms. The second-order valence-electron chi connectivity index (χ2n) is 9.41. The highest BCUT2D eigenvalue weighted by Crippen LogP contribution is 2.42. The SMILES string of the molecule is C=C/C(=C\C(=C)C1CCC(c2cc(N)n(C(C)(C)C)n2)C1)C(C)(C)C. The van der Waals surface area contributed by atoms with Gasteiger partial charge >= 0.3 is 0 Å². The molecule has 25 heavy (non-hydrogen) atoms. The van der Waals surface area contributed by atoms with Crippen LogP contribution < -0.4 is 5.73 Å². The monoisotopic (exact) mass is 341 g/mol. The first-order chi connectivity index (χ1) is 11.4. The molecule has 1 aliphatic carbocycles. The lowest BCUT2D eigenvalue weighted by atomic mass is 9.83. The first-order valence-corrected chi connectivity index (χ1v) is 9.33. The summed E-state index contributed by atoms with van der Waals surface area (Å²) >= 11 is 0. The predicted octanol–water partition coefficient (Wildman–Crippen LogP) is 5.82. The van der Waals surface area contributed by atoms with Gasteiger partial charge in [-0.2, -0.15) is 5.10 Å². The number of nitrogens with zero attached hydrogens (tertiary/aromatic N) is 2. The van der Waals surface area contributed by atoms with Gasteiger partial charge in [0.1, 0.15) is 5.82 Å². The molecule has 0 saturated heterocycles. The third-order valence-electron chi connectivity index (χ3n) is 5.19. The summed E-state index contributed by atoms with van der Waals surface area (Å²) in [6, 6.07) is 2.06. The lowest BCUT2D eigenvalue weighted by Gasteiger charge is -2.22. The van der Waals surface area contributed by atoms with Crippen LogP contribution in [0.2, 0.25) is 0 Å². The van der Waals surface area contributed by atoms with E-state index in [2.05, 4.69) is 66.8 Å². The second kappa shape index (κ2) is 6.86. The number of aromatic nitrogens is 2. The fourth-order valence-corrected chi connectivity index (χ4v) is 3.64. The molecule has 1 aromatic heterocycles. The molecular weight excluding hydrogens is 306 g/mol. The maximum atomic E-state index is 6.18. The summed E-state index contributed by atoms with van der Waals surface area (Å²) in [6.45, 7) is 21.4. The maximum absolute atomic E-state index is 6.18. The van der Waals surface area contributed by atoms with Crippen LogP contribution in [0.5, 0.6) is 0 Å². The van der Waals surface area contributed by atoms with Crippen molar-refractivity contribution in [3.05, 3.63) is 48.2 Å². The molecule has 0 bridgehead atoms. The van der Waals surface area contributed by atoms with Crippen molar-refractivity contribution >= 4 is 5.82 Å². The van der Waals surface area contributed by atoms with Gasteiger partial charge in [-0.3, -0.25) is 0 Å². The quantitative estimate of drug-likeness (QED) is 0.701. The normalized spacial score (nSPS) is 22.2. The average Bonchev–Trinajstić information content (AvgIpc) is 3.08. The minimum atomic E-state index is -0.0851. The average molecular weight is 342 g/mol. The minimum absolute atomic E-state index is 0.0851. The van der Waals surface area contributed by atoms with Crippen molar-refractivity contribution in [2.24, 2.45) is 11.3 Å². The predicted molar refractivity (Wildman–Crippen MR) is 109 cm³/mol. The van der Waals surface area contributed by atoms with E-state index in [4.69, 9.17) is 10.8 Å². The van der Waals surface area contributed by atoms with E-state index in [0.29, 0.717) is 11.8 Å². The molecule has 1 heterocycles. The molecule has 0 radical (unpaired) electrons. The Morgan fingerprint density at radius 2 is 1.88 bits per heavy atom. The molecule has 2 unspecified atom stereocenters. The molecular formula is C22H35N3. The van der Waals surface area contributed by atoms with Crippen LogP contribution in [-0.2, 0) is 5.54 Å². The highest BCUT2D eigenvalue weighted by Gasteiger charge is 2.30. The fourth-order valence-electron chi connectivity index (χ4n) is 3.64. The van der Waals surface area contributed by atoms with Crippen molar-refractivity contribution < 1.29 is 0 Å². The summed E-state index contributed by atoms with van der Waals surface area (Å²) in [5.74, 6) is 1.75. The highest BCUT2D eigenvalue weighted by molar-refractivity contribution is 5.36. The summed E-state index contributed by atoms with van der Waals surface area (Å²) in [4.78, 5) is 0. The van der Waals surface area contributed by atoms with Gasteiger partial charge in [0, 0.05) is 12.0 Å². The van der Waals surface area contributed by atoms with E-state index in [1.165, 1.54) is 11.1 Å². The largest absolute Gasteiger partial charge is 0.384 e. The zero-order valence-corrected chi connectivity index (χ0v) is 16.9. The number of anilines is 1. The molecule has 1 fully saturated rings. The zero-order chi connectivity index (χ0) is 19.0. The molecule has 0 amide bonds. The molecule has 2 atom stereocenters. The number of allylic oxidation sites excluding steroid dienone is 4. The van der Waals surface area contributed by atoms with Crippen molar-refractivity contribution in [1.82, 2.24) is 9.78 Å². The summed E-state index contributed by atoms with van der Waals surface area (Å²) in [6.07, 6.45) is 7.61. The van der Waals surface area contributed by atoms with Crippen LogP contribution in [0.15, 0.2) is 42.5 Å². The summed E-state index contributed by atoms with van der Waals surface area (Å²) in [5.41, 5.74) is 9.80. The topological polar surface area (TPSA) is 43.8 Å². The van der Waals surface area contributed by atoms with Gasteiger partial charge in [0.15, 0.2) is 0 Å². The van der Waals surface area contributed by atoms with E-state index in [1.54, 1.807) is 0 Å². The molecule has 1 aliphatic rings. The number of rotatable bonds is 4. The second-order valence-corrected chi connectivity index (χ2v) is 9.41. The molecule has 1 saturated carbocycles. The van der Waals surface area contributed by atoms with Gasteiger partial charge in [0.2, 0.25) is 0 Å². The van der Waals surface area contributed by atoms with Crippen molar-refractivity contribution in [2.75, 3.05) is 5.73 Å². The van der Waals surface area contributed by atoms with Gasteiger partial charge in [0.05, 0.1) is 11.2 Å². The molecule has 0 spiro atoms. The summed E-state index contributed by atoms with van der Waals surface area (Å²) < 4.78 is 1.94. The first kappa shape index (κ1) is 19.6. The Kier molecular flexibility index (Phi) is 5.36. The maximum Gasteiger partial charge on any atom is 0.122 e. The number of hydrogen-bond acceptors (Lipinski definition) is 2. The van der Waals surface area contributed by atoms with Gasteiger partial charge in [-0.1, -0.05) is 51.7 Å². The molecule has 0 aliphatic heterocycles. The Bertz CT molecular complexity index is 677. The van der Waals surface area contributed by atoms with E-state index in [1.807, 2.05) is 10.8 Å². The van der Waals surface area contributed by atoms with E-state index in [9.17, 15) is 0 Å². The Balaban J connectivity index is 2.13. The van der Waals surface area contributed by atoms with Crippen molar-refractivity contribution in [3.8, 4) is 0 Å². The third-order valence-corrected chi connectivity index (χ3v) is 5.19. The molecule has 0 aromatic carbocycles. The Hall–Kier alpha value is -1.77. The van der Waals surface area contributed by atoms with Gasteiger partial charge in [-0.05, 0) is 56.9 Å². The van der Waals surface area contributed by atoms with Crippen LogP contribution in [0.3, 0.4) is 0 Å². The summed E-state index contributed by atoms with van der Waals surface area (Å²) in [7, 11) is 0. The Morgan fingerprint density at radius 1 is 1.24 bits per heavy atom. The first-order valence-electron chi connectivity index (χ1n) is 9.33. The van der Waals surface area contributed by atoms with E-state index in [-0.39, 0.29) is 11.0 Å². The van der Waals surface area contributed by atoms with Crippen LogP contribution in [0.1, 0.15) is 72.4 Å². The number of nitrogens with two attached hydrogens (primary N) is 1.